The van der Waals surface area contributed by atoms with Crippen LogP contribution in [0, 0.1) is 6.92 Å². The molecule has 0 fully saturated rings. The van der Waals surface area contributed by atoms with Crippen LogP contribution in [0.4, 0.5) is 5.69 Å². The average Bonchev–Trinajstić information content (AvgIpc) is 2.42. The van der Waals surface area contributed by atoms with Gasteiger partial charge in [0.15, 0.2) is 0 Å². The second kappa shape index (κ2) is 7.58. The van der Waals surface area contributed by atoms with Crippen molar-refractivity contribution in [3.05, 3.63) is 35.9 Å². The lowest BCUT2D eigenvalue weighted by Gasteiger charge is -2.21. The van der Waals surface area contributed by atoms with E-state index in [0.29, 0.717) is 13.1 Å². The summed E-state index contributed by atoms with van der Waals surface area (Å²) < 4.78 is 5.28. The summed E-state index contributed by atoms with van der Waals surface area (Å²) >= 11 is 0. The van der Waals surface area contributed by atoms with Gasteiger partial charge in [0.1, 0.15) is 5.75 Å². The van der Waals surface area contributed by atoms with Gasteiger partial charge in [-0.05, 0) is 38.5 Å². The molecule has 0 aromatic heterocycles. The van der Waals surface area contributed by atoms with E-state index in [1.54, 1.807) is 12.0 Å². The SMILES string of the molecule is C=C(C)CN(CC)C(=O)CNc1cc(C)ccc1OC. The summed E-state index contributed by atoms with van der Waals surface area (Å²) in [5.74, 6) is 0.797. The van der Waals surface area contributed by atoms with Gasteiger partial charge in [-0.1, -0.05) is 18.2 Å². The zero-order valence-electron chi connectivity index (χ0n) is 12.8. The molecule has 0 spiro atoms. The van der Waals surface area contributed by atoms with Gasteiger partial charge in [0.05, 0.1) is 19.3 Å². The highest BCUT2D eigenvalue weighted by Gasteiger charge is 2.12. The summed E-state index contributed by atoms with van der Waals surface area (Å²) in [5.41, 5.74) is 2.94. The van der Waals surface area contributed by atoms with E-state index in [0.717, 1.165) is 22.6 Å². The third kappa shape index (κ3) is 4.61. The van der Waals surface area contributed by atoms with E-state index in [1.807, 2.05) is 39.0 Å². The van der Waals surface area contributed by atoms with Crippen LogP contribution in [-0.2, 0) is 4.79 Å². The molecular formula is C16H24N2O2. The van der Waals surface area contributed by atoms with E-state index in [9.17, 15) is 4.79 Å². The van der Waals surface area contributed by atoms with Crippen molar-refractivity contribution in [2.45, 2.75) is 20.8 Å². The Morgan fingerprint density at radius 3 is 2.70 bits per heavy atom. The number of hydrogen-bond acceptors (Lipinski definition) is 3. The number of benzene rings is 1. The van der Waals surface area contributed by atoms with Crippen molar-refractivity contribution in [2.75, 3.05) is 32.1 Å². The Kier molecular flexibility index (Phi) is 6.10. The fourth-order valence-corrected chi connectivity index (χ4v) is 1.94. The Morgan fingerprint density at radius 1 is 1.45 bits per heavy atom. The molecule has 1 amide bonds. The monoisotopic (exact) mass is 276 g/mol. The summed E-state index contributed by atoms with van der Waals surface area (Å²) in [6.07, 6.45) is 0. The van der Waals surface area contributed by atoms with Crippen LogP contribution in [0.5, 0.6) is 5.75 Å². The number of hydrogen-bond donors (Lipinski definition) is 1. The second-order valence-corrected chi connectivity index (χ2v) is 4.92. The van der Waals surface area contributed by atoms with Crippen LogP contribution < -0.4 is 10.1 Å². The van der Waals surface area contributed by atoms with Gasteiger partial charge in [0.2, 0.25) is 5.91 Å². The third-order valence-corrected chi connectivity index (χ3v) is 2.98. The maximum absolute atomic E-state index is 12.1. The summed E-state index contributed by atoms with van der Waals surface area (Å²) in [4.78, 5) is 13.9. The quantitative estimate of drug-likeness (QED) is 0.779. The molecule has 0 bridgehead atoms. The Morgan fingerprint density at radius 2 is 2.15 bits per heavy atom. The molecule has 1 aromatic carbocycles. The van der Waals surface area contributed by atoms with Gasteiger partial charge in [0.25, 0.3) is 0 Å². The molecule has 0 aliphatic heterocycles. The lowest BCUT2D eigenvalue weighted by atomic mass is 10.2. The molecule has 1 aromatic rings. The normalized spacial score (nSPS) is 10.0. The lowest BCUT2D eigenvalue weighted by Crippen LogP contribution is -2.36. The van der Waals surface area contributed by atoms with Gasteiger partial charge in [-0.25, -0.2) is 0 Å². The molecule has 0 heterocycles. The first-order chi connectivity index (χ1) is 9.47. The fraction of sp³-hybridized carbons (Fsp3) is 0.438. The van der Waals surface area contributed by atoms with Crippen molar-refractivity contribution in [3.8, 4) is 5.75 Å². The molecule has 1 rings (SSSR count). The van der Waals surface area contributed by atoms with Crippen molar-refractivity contribution in [3.63, 3.8) is 0 Å². The van der Waals surface area contributed by atoms with Gasteiger partial charge in [-0.3, -0.25) is 4.79 Å². The number of carbonyl (C=O) groups is 1. The van der Waals surface area contributed by atoms with Crippen molar-refractivity contribution in [1.29, 1.82) is 0 Å². The number of methoxy groups -OCH3 is 1. The minimum Gasteiger partial charge on any atom is -0.495 e. The number of aryl methyl sites for hydroxylation is 1. The molecule has 110 valence electrons. The Balaban J connectivity index is 2.68. The Labute approximate surface area is 121 Å². The molecule has 0 aliphatic carbocycles. The second-order valence-electron chi connectivity index (χ2n) is 4.92. The molecule has 1 N–H and O–H groups in total. The van der Waals surface area contributed by atoms with Gasteiger partial charge in [-0.2, -0.15) is 0 Å². The first kappa shape index (κ1) is 16.1. The van der Waals surface area contributed by atoms with E-state index in [4.69, 9.17) is 4.74 Å². The molecular weight excluding hydrogens is 252 g/mol. The molecule has 0 saturated heterocycles. The van der Waals surface area contributed by atoms with Gasteiger partial charge >= 0.3 is 0 Å². The topological polar surface area (TPSA) is 41.6 Å². The standard InChI is InChI=1S/C16H24N2O2/c1-6-18(11-12(2)3)16(19)10-17-14-9-13(4)7-8-15(14)20-5/h7-9,17H,2,6,10-11H2,1,3-5H3. The number of rotatable bonds is 7. The van der Waals surface area contributed by atoms with Gasteiger partial charge in [-0.15, -0.1) is 0 Å². The molecule has 0 radical (unpaired) electrons. The van der Waals surface area contributed by atoms with Crippen molar-refractivity contribution >= 4 is 11.6 Å². The van der Waals surface area contributed by atoms with Crippen molar-refractivity contribution < 1.29 is 9.53 Å². The Bertz CT molecular complexity index is 483. The molecule has 4 heteroatoms. The number of anilines is 1. The first-order valence-electron chi connectivity index (χ1n) is 6.78. The van der Waals surface area contributed by atoms with Crippen LogP contribution in [-0.4, -0.2) is 37.6 Å². The van der Waals surface area contributed by atoms with Gasteiger partial charge < -0.3 is 15.0 Å². The van der Waals surface area contributed by atoms with Crippen LogP contribution in [0.2, 0.25) is 0 Å². The number of carbonyl (C=O) groups excluding carboxylic acids is 1. The Hall–Kier alpha value is -1.97. The highest BCUT2D eigenvalue weighted by Crippen LogP contribution is 2.24. The van der Waals surface area contributed by atoms with E-state index in [1.165, 1.54) is 0 Å². The zero-order valence-corrected chi connectivity index (χ0v) is 12.8. The number of nitrogens with zero attached hydrogens (tertiary/aromatic N) is 1. The predicted octanol–water partition coefficient (Wildman–Crippen LogP) is 2.84. The van der Waals surface area contributed by atoms with Crippen molar-refractivity contribution in [1.82, 2.24) is 4.90 Å². The summed E-state index contributed by atoms with van der Waals surface area (Å²) in [5, 5.41) is 3.15. The smallest absolute Gasteiger partial charge is 0.242 e. The highest BCUT2D eigenvalue weighted by molar-refractivity contribution is 5.81. The minimum atomic E-state index is 0.0547. The van der Waals surface area contributed by atoms with Crippen LogP contribution in [0.25, 0.3) is 0 Å². The molecule has 0 unspecified atom stereocenters. The zero-order chi connectivity index (χ0) is 15.1. The summed E-state index contributed by atoms with van der Waals surface area (Å²) in [6, 6.07) is 5.85. The van der Waals surface area contributed by atoms with Crippen LogP contribution in [0.15, 0.2) is 30.4 Å². The van der Waals surface area contributed by atoms with Crippen LogP contribution in [0.1, 0.15) is 19.4 Å². The molecule has 0 saturated carbocycles. The molecule has 4 nitrogen and oxygen atoms in total. The molecule has 0 aliphatic rings. The maximum atomic E-state index is 12.1. The first-order valence-corrected chi connectivity index (χ1v) is 6.78. The maximum Gasteiger partial charge on any atom is 0.242 e. The number of nitrogens with one attached hydrogen (secondary N) is 1. The predicted molar refractivity (Wildman–Crippen MR) is 83.3 cm³/mol. The third-order valence-electron chi connectivity index (χ3n) is 2.98. The largest absolute Gasteiger partial charge is 0.495 e. The lowest BCUT2D eigenvalue weighted by molar-refractivity contribution is -0.128. The number of ether oxygens (including phenoxy) is 1. The van der Waals surface area contributed by atoms with E-state index in [2.05, 4.69) is 11.9 Å². The molecule has 0 atom stereocenters. The van der Waals surface area contributed by atoms with Crippen molar-refractivity contribution in [2.24, 2.45) is 0 Å². The number of amides is 1. The summed E-state index contributed by atoms with van der Waals surface area (Å²) in [7, 11) is 1.62. The van der Waals surface area contributed by atoms with Crippen LogP contribution in [0.3, 0.4) is 0 Å². The van der Waals surface area contributed by atoms with E-state index < -0.39 is 0 Å². The van der Waals surface area contributed by atoms with Crippen LogP contribution >= 0.6 is 0 Å². The fourth-order valence-electron chi connectivity index (χ4n) is 1.94. The summed E-state index contributed by atoms with van der Waals surface area (Å²) in [6.45, 7) is 11.3. The number of likely N-dealkylation sites (N-methyl/N-ethyl adjacent to an activating group) is 1. The minimum absolute atomic E-state index is 0.0547. The average molecular weight is 276 g/mol. The molecule has 20 heavy (non-hydrogen) atoms. The van der Waals surface area contributed by atoms with Gasteiger partial charge in [0, 0.05) is 13.1 Å². The highest BCUT2D eigenvalue weighted by atomic mass is 16.5. The van der Waals surface area contributed by atoms with E-state index >= 15 is 0 Å². The van der Waals surface area contributed by atoms with E-state index in [-0.39, 0.29) is 12.5 Å².